The van der Waals surface area contributed by atoms with Crippen LogP contribution in [0.25, 0.3) is 0 Å². The van der Waals surface area contributed by atoms with Crippen molar-refractivity contribution >= 4 is 11.9 Å². The highest BCUT2D eigenvalue weighted by molar-refractivity contribution is 5.83. The molecular weight excluding hydrogens is 249 g/mol. The Balaban J connectivity index is 2.33. The number of hydrogen-bond acceptors (Lipinski definition) is 2. The second-order valence-electron chi connectivity index (χ2n) is 4.07. The van der Waals surface area contributed by atoms with E-state index in [4.69, 9.17) is 0 Å². The average Bonchev–Trinajstić information content (AvgIpc) is 2.38. The lowest BCUT2D eigenvalue weighted by Gasteiger charge is -2.08. The van der Waals surface area contributed by atoms with E-state index >= 15 is 0 Å². The van der Waals surface area contributed by atoms with Gasteiger partial charge >= 0.3 is 6.03 Å². The predicted molar refractivity (Wildman–Crippen MR) is 70.1 cm³/mol. The fraction of sp³-hybridized carbons (Fsp3) is 0.385. The molecule has 6 heteroatoms. The zero-order chi connectivity index (χ0) is 14.3. The maximum Gasteiger partial charge on any atom is 0.315 e. The molecule has 3 N–H and O–H groups in total. The van der Waals surface area contributed by atoms with Crippen molar-refractivity contribution in [2.45, 2.75) is 20.4 Å². The molecule has 1 rings (SSSR count). The van der Waals surface area contributed by atoms with E-state index in [1.165, 1.54) is 6.07 Å². The van der Waals surface area contributed by atoms with Crippen LogP contribution >= 0.6 is 0 Å². The van der Waals surface area contributed by atoms with Crippen molar-refractivity contribution in [2.75, 3.05) is 13.1 Å². The molecule has 0 saturated heterocycles. The van der Waals surface area contributed by atoms with Crippen molar-refractivity contribution in [3.63, 3.8) is 0 Å². The molecule has 0 aromatic heterocycles. The van der Waals surface area contributed by atoms with E-state index in [-0.39, 0.29) is 24.8 Å². The predicted octanol–water partition coefficient (Wildman–Crippen LogP) is 1.07. The Labute approximate surface area is 111 Å². The molecular formula is C13H18FN3O2. The molecule has 0 heterocycles. The summed E-state index contributed by atoms with van der Waals surface area (Å²) in [4.78, 5) is 22.5. The normalized spacial score (nSPS) is 9.84. The summed E-state index contributed by atoms with van der Waals surface area (Å²) in [6.07, 6.45) is 0. The fourth-order valence-electron chi connectivity index (χ4n) is 1.48. The van der Waals surface area contributed by atoms with Gasteiger partial charge in [0.1, 0.15) is 5.82 Å². The number of urea groups is 1. The molecule has 1 aromatic carbocycles. The highest BCUT2D eigenvalue weighted by Crippen LogP contribution is 2.08. The van der Waals surface area contributed by atoms with Crippen molar-refractivity contribution in [3.8, 4) is 0 Å². The highest BCUT2D eigenvalue weighted by Gasteiger charge is 2.04. The van der Waals surface area contributed by atoms with Crippen molar-refractivity contribution in [1.82, 2.24) is 16.0 Å². The van der Waals surface area contributed by atoms with Crippen LogP contribution in [0.3, 0.4) is 0 Å². The van der Waals surface area contributed by atoms with Gasteiger partial charge in [-0.25, -0.2) is 9.18 Å². The van der Waals surface area contributed by atoms with Gasteiger partial charge in [0, 0.05) is 13.1 Å². The molecule has 0 spiro atoms. The average molecular weight is 267 g/mol. The summed E-state index contributed by atoms with van der Waals surface area (Å²) >= 11 is 0. The number of halogens is 1. The summed E-state index contributed by atoms with van der Waals surface area (Å²) in [5.41, 5.74) is 1.33. The number of likely N-dealkylation sites (N-methyl/N-ethyl adjacent to an activating group) is 1. The summed E-state index contributed by atoms with van der Waals surface area (Å²) in [7, 11) is 0. The molecule has 0 atom stereocenters. The fourth-order valence-corrected chi connectivity index (χ4v) is 1.48. The minimum absolute atomic E-state index is 0.0673. The number of hydrogen-bond donors (Lipinski definition) is 3. The second kappa shape index (κ2) is 7.35. The Morgan fingerprint density at radius 2 is 1.95 bits per heavy atom. The van der Waals surface area contributed by atoms with Crippen LogP contribution in [-0.4, -0.2) is 25.0 Å². The van der Waals surface area contributed by atoms with E-state index in [9.17, 15) is 14.0 Å². The maximum atomic E-state index is 13.0. The van der Waals surface area contributed by atoms with E-state index in [0.717, 1.165) is 5.56 Å². The molecule has 5 nitrogen and oxygen atoms in total. The third-order valence-electron chi connectivity index (χ3n) is 2.46. The SMILES string of the molecule is CCNC(=O)CNC(=O)NCc1ccc(F)c(C)c1. The molecule has 0 aliphatic rings. The molecule has 0 radical (unpaired) electrons. The first-order valence-corrected chi connectivity index (χ1v) is 6.06. The van der Waals surface area contributed by atoms with E-state index in [0.29, 0.717) is 12.1 Å². The van der Waals surface area contributed by atoms with Gasteiger partial charge in [-0.15, -0.1) is 0 Å². The van der Waals surface area contributed by atoms with E-state index in [1.807, 2.05) is 0 Å². The van der Waals surface area contributed by atoms with Gasteiger partial charge in [0.25, 0.3) is 0 Å². The van der Waals surface area contributed by atoms with Crippen LogP contribution in [0.2, 0.25) is 0 Å². The third kappa shape index (κ3) is 5.37. The van der Waals surface area contributed by atoms with Crippen LogP contribution in [0.5, 0.6) is 0 Å². The van der Waals surface area contributed by atoms with Crippen LogP contribution in [-0.2, 0) is 11.3 Å². The van der Waals surface area contributed by atoms with Crippen LogP contribution in [0.1, 0.15) is 18.1 Å². The van der Waals surface area contributed by atoms with Crippen LogP contribution in [0.15, 0.2) is 18.2 Å². The van der Waals surface area contributed by atoms with Crippen LogP contribution < -0.4 is 16.0 Å². The Kier molecular flexibility index (Phi) is 5.78. The maximum absolute atomic E-state index is 13.0. The minimum atomic E-state index is -0.437. The summed E-state index contributed by atoms with van der Waals surface area (Å²) < 4.78 is 13.0. The molecule has 0 aliphatic carbocycles. The molecule has 0 unspecified atom stereocenters. The Morgan fingerprint density at radius 1 is 1.21 bits per heavy atom. The zero-order valence-electron chi connectivity index (χ0n) is 11.0. The van der Waals surface area contributed by atoms with Crippen molar-refractivity contribution in [1.29, 1.82) is 0 Å². The molecule has 19 heavy (non-hydrogen) atoms. The van der Waals surface area contributed by atoms with E-state index in [1.54, 1.807) is 26.0 Å². The van der Waals surface area contributed by atoms with Gasteiger partial charge in [0.05, 0.1) is 6.54 Å². The molecule has 3 amide bonds. The second-order valence-corrected chi connectivity index (χ2v) is 4.07. The molecule has 1 aromatic rings. The lowest BCUT2D eigenvalue weighted by atomic mass is 10.1. The summed E-state index contributed by atoms with van der Waals surface area (Å²) in [5.74, 6) is -0.514. The van der Waals surface area contributed by atoms with Gasteiger partial charge in [-0.05, 0) is 31.0 Å². The van der Waals surface area contributed by atoms with Crippen LogP contribution in [0, 0.1) is 12.7 Å². The molecule has 0 bridgehead atoms. The Morgan fingerprint density at radius 3 is 2.58 bits per heavy atom. The standard InChI is InChI=1S/C13H18FN3O2/c1-3-15-12(18)8-17-13(19)16-7-10-4-5-11(14)9(2)6-10/h4-6H,3,7-8H2,1-2H3,(H,15,18)(H2,16,17,19). The van der Waals surface area contributed by atoms with Gasteiger partial charge in [0.15, 0.2) is 0 Å². The smallest absolute Gasteiger partial charge is 0.315 e. The summed E-state index contributed by atoms with van der Waals surface area (Å²) in [6.45, 7) is 4.20. The van der Waals surface area contributed by atoms with Crippen molar-refractivity contribution < 1.29 is 14.0 Å². The Hall–Kier alpha value is -2.11. The molecule has 104 valence electrons. The molecule has 0 aliphatic heterocycles. The first kappa shape index (κ1) is 14.9. The van der Waals surface area contributed by atoms with Gasteiger partial charge in [-0.1, -0.05) is 12.1 Å². The largest absolute Gasteiger partial charge is 0.355 e. The number of carbonyl (C=O) groups excluding carboxylic acids is 2. The Bertz CT molecular complexity index is 463. The lowest BCUT2D eigenvalue weighted by molar-refractivity contribution is -0.119. The van der Waals surface area contributed by atoms with Gasteiger partial charge in [-0.3, -0.25) is 4.79 Å². The summed E-state index contributed by atoms with van der Waals surface area (Å²) in [5, 5.41) is 7.58. The van der Waals surface area contributed by atoms with E-state index in [2.05, 4.69) is 16.0 Å². The topological polar surface area (TPSA) is 70.2 Å². The number of nitrogens with one attached hydrogen (secondary N) is 3. The van der Waals surface area contributed by atoms with Gasteiger partial charge in [-0.2, -0.15) is 0 Å². The molecule has 0 saturated carbocycles. The number of benzene rings is 1. The zero-order valence-corrected chi connectivity index (χ0v) is 11.0. The quantitative estimate of drug-likeness (QED) is 0.747. The highest BCUT2D eigenvalue weighted by atomic mass is 19.1. The first-order chi connectivity index (χ1) is 9.02. The van der Waals surface area contributed by atoms with Crippen molar-refractivity contribution in [3.05, 3.63) is 35.1 Å². The van der Waals surface area contributed by atoms with E-state index < -0.39 is 6.03 Å². The number of carbonyl (C=O) groups is 2. The third-order valence-corrected chi connectivity index (χ3v) is 2.46. The monoisotopic (exact) mass is 267 g/mol. The van der Waals surface area contributed by atoms with Gasteiger partial charge < -0.3 is 16.0 Å². The number of aryl methyl sites for hydroxylation is 1. The van der Waals surface area contributed by atoms with Crippen LogP contribution in [0.4, 0.5) is 9.18 Å². The summed E-state index contributed by atoms with van der Waals surface area (Å²) in [6, 6.07) is 4.19. The number of rotatable bonds is 5. The molecule has 0 fully saturated rings. The minimum Gasteiger partial charge on any atom is -0.355 e. The van der Waals surface area contributed by atoms with Crippen molar-refractivity contribution in [2.24, 2.45) is 0 Å². The first-order valence-electron chi connectivity index (χ1n) is 6.06. The lowest BCUT2D eigenvalue weighted by Crippen LogP contribution is -2.41. The number of amides is 3. The van der Waals surface area contributed by atoms with Gasteiger partial charge in [0.2, 0.25) is 5.91 Å².